The Kier molecular flexibility index (Phi) is 7.45. The number of aromatic nitrogens is 1. The molecule has 120 valence electrons. The van der Waals surface area contributed by atoms with Crippen molar-refractivity contribution in [2.45, 2.75) is 27.7 Å². The van der Waals surface area contributed by atoms with E-state index in [-0.39, 0.29) is 11.7 Å². The number of hydrogen-bond donors (Lipinski definition) is 3. The molecule has 0 saturated carbocycles. The summed E-state index contributed by atoms with van der Waals surface area (Å²) in [7, 11) is 0. The first-order valence-electron chi connectivity index (χ1n) is 7.26. The number of nitrogens with zero attached hydrogens (tertiary/aromatic N) is 1. The molecule has 0 aliphatic carbocycles. The van der Waals surface area contributed by atoms with Crippen LogP contribution < -0.4 is 16.4 Å². The van der Waals surface area contributed by atoms with Crippen LogP contribution in [0.15, 0.2) is 0 Å². The maximum atomic E-state index is 12.0. The molecule has 1 heterocycles. The average molecular weight is 314 g/mol. The van der Waals surface area contributed by atoms with E-state index in [0.717, 1.165) is 6.54 Å². The fraction of sp³-hybridized carbons (Fsp3) is 0.714. The molecule has 0 aromatic carbocycles. The topological polar surface area (TPSA) is 89.3 Å². The van der Waals surface area contributed by atoms with Gasteiger partial charge in [0.2, 0.25) is 0 Å². The lowest BCUT2D eigenvalue weighted by molar-refractivity contribution is 0.0890. The average Bonchev–Trinajstić information content (AvgIpc) is 2.76. The first kappa shape index (κ1) is 17.7. The van der Waals surface area contributed by atoms with Gasteiger partial charge in [-0.2, -0.15) is 0 Å². The van der Waals surface area contributed by atoms with Crippen molar-refractivity contribution in [3.8, 4) is 0 Å². The number of nitrogens with one attached hydrogen (secondary N) is 2. The van der Waals surface area contributed by atoms with Crippen LogP contribution in [0.4, 0.5) is 10.9 Å². The van der Waals surface area contributed by atoms with Crippen LogP contribution in [-0.2, 0) is 4.74 Å². The van der Waals surface area contributed by atoms with Crippen LogP contribution in [0.5, 0.6) is 0 Å². The van der Waals surface area contributed by atoms with Crippen LogP contribution in [0.1, 0.15) is 37.4 Å². The van der Waals surface area contributed by atoms with Gasteiger partial charge in [0.05, 0.1) is 6.61 Å². The van der Waals surface area contributed by atoms with Crippen molar-refractivity contribution in [2.24, 2.45) is 11.8 Å². The van der Waals surface area contributed by atoms with E-state index in [1.165, 1.54) is 11.3 Å². The first-order valence-corrected chi connectivity index (χ1v) is 8.08. The second kappa shape index (κ2) is 8.84. The molecule has 7 heteroatoms. The Morgan fingerprint density at radius 3 is 2.67 bits per heavy atom. The van der Waals surface area contributed by atoms with E-state index in [0.29, 0.717) is 41.6 Å². The molecule has 0 bridgehead atoms. The van der Waals surface area contributed by atoms with Gasteiger partial charge < -0.3 is 21.1 Å². The molecule has 0 unspecified atom stereocenters. The molecule has 6 nitrogen and oxygen atoms in total. The number of nitrogen functional groups attached to an aromatic ring is 1. The lowest BCUT2D eigenvalue weighted by Crippen LogP contribution is -2.27. The molecular formula is C14H26N4O2S. The Labute approximate surface area is 130 Å². The number of rotatable bonds is 9. The van der Waals surface area contributed by atoms with Crippen molar-refractivity contribution in [3.63, 3.8) is 0 Å². The quantitative estimate of drug-likeness (QED) is 0.608. The van der Waals surface area contributed by atoms with Gasteiger partial charge in [-0.05, 0) is 11.8 Å². The number of carbonyl (C=O) groups excluding carboxylic acids is 1. The SMILES string of the molecule is CC(C)CNc1nc(N)c(C(=O)NCCOCC(C)C)s1. The Hall–Kier alpha value is -1.34. The summed E-state index contributed by atoms with van der Waals surface area (Å²) in [5.74, 6) is 1.07. The summed E-state index contributed by atoms with van der Waals surface area (Å²) in [6.07, 6.45) is 0. The predicted octanol–water partition coefficient (Wildman–Crippen LogP) is 2.20. The zero-order valence-corrected chi connectivity index (χ0v) is 14.0. The van der Waals surface area contributed by atoms with Crippen molar-refractivity contribution >= 4 is 28.2 Å². The first-order chi connectivity index (χ1) is 9.90. The van der Waals surface area contributed by atoms with Crippen LogP contribution in [0.3, 0.4) is 0 Å². The fourth-order valence-electron chi connectivity index (χ4n) is 1.50. The van der Waals surface area contributed by atoms with Gasteiger partial charge in [0.25, 0.3) is 5.91 Å². The van der Waals surface area contributed by atoms with Crippen LogP contribution in [0.25, 0.3) is 0 Å². The van der Waals surface area contributed by atoms with Gasteiger partial charge in [0.1, 0.15) is 10.7 Å². The van der Waals surface area contributed by atoms with Gasteiger partial charge in [-0.25, -0.2) is 4.98 Å². The highest BCUT2D eigenvalue weighted by Gasteiger charge is 2.15. The standard InChI is InChI=1S/C14H26N4O2S/c1-9(2)7-17-14-18-12(15)11(21-14)13(19)16-5-6-20-8-10(3)4/h9-10H,5-8,15H2,1-4H3,(H,16,19)(H,17,18). The van der Waals surface area contributed by atoms with Crippen LogP contribution in [0.2, 0.25) is 0 Å². The Bertz CT molecular complexity index is 446. The molecule has 0 aliphatic heterocycles. The second-order valence-corrected chi connectivity index (χ2v) is 6.73. The predicted molar refractivity (Wildman–Crippen MR) is 87.8 cm³/mol. The summed E-state index contributed by atoms with van der Waals surface area (Å²) in [5, 5.41) is 6.64. The molecule has 1 aromatic rings. The summed E-state index contributed by atoms with van der Waals surface area (Å²) < 4.78 is 5.41. The lowest BCUT2D eigenvalue weighted by atomic mass is 10.2. The molecule has 4 N–H and O–H groups in total. The molecule has 0 fully saturated rings. The van der Waals surface area contributed by atoms with E-state index in [9.17, 15) is 4.79 Å². The Morgan fingerprint density at radius 1 is 1.33 bits per heavy atom. The van der Waals surface area contributed by atoms with Crippen molar-refractivity contribution in [2.75, 3.05) is 37.4 Å². The van der Waals surface area contributed by atoms with Crippen molar-refractivity contribution in [3.05, 3.63) is 4.88 Å². The van der Waals surface area contributed by atoms with Crippen LogP contribution in [-0.4, -0.2) is 37.2 Å². The van der Waals surface area contributed by atoms with Crippen molar-refractivity contribution in [1.82, 2.24) is 10.3 Å². The second-order valence-electron chi connectivity index (χ2n) is 5.73. The zero-order valence-electron chi connectivity index (χ0n) is 13.2. The highest BCUT2D eigenvalue weighted by atomic mass is 32.1. The largest absolute Gasteiger partial charge is 0.382 e. The molecule has 21 heavy (non-hydrogen) atoms. The van der Waals surface area contributed by atoms with Crippen LogP contribution >= 0.6 is 11.3 Å². The summed E-state index contributed by atoms with van der Waals surface area (Å²) in [4.78, 5) is 16.6. The number of ether oxygens (including phenoxy) is 1. The summed E-state index contributed by atoms with van der Waals surface area (Å²) >= 11 is 1.28. The number of thiazole rings is 1. The number of nitrogens with two attached hydrogens (primary N) is 1. The minimum absolute atomic E-state index is 0.198. The molecular weight excluding hydrogens is 288 g/mol. The Balaban J connectivity index is 2.39. The van der Waals surface area contributed by atoms with E-state index < -0.39 is 0 Å². The molecule has 0 radical (unpaired) electrons. The molecule has 1 rings (SSSR count). The highest BCUT2D eigenvalue weighted by molar-refractivity contribution is 7.18. The highest BCUT2D eigenvalue weighted by Crippen LogP contribution is 2.24. The van der Waals surface area contributed by atoms with Gasteiger partial charge in [-0.1, -0.05) is 39.0 Å². The minimum atomic E-state index is -0.198. The van der Waals surface area contributed by atoms with E-state index >= 15 is 0 Å². The van der Waals surface area contributed by atoms with Crippen molar-refractivity contribution in [1.29, 1.82) is 0 Å². The molecule has 0 aliphatic rings. The fourth-order valence-corrected chi connectivity index (χ4v) is 2.31. The van der Waals surface area contributed by atoms with E-state index in [1.54, 1.807) is 0 Å². The molecule has 1 aromatic heterocycles. The number of hydrogen-bond acceptors (Lipinski definition) is 6. The summed E-state index contributed by atoms with van der Waals surface area (Å²) in [6.45, 7) is 10.9. The molecule has 0 spiro atoms. The monoisotopic (exact) mass is 314 g/mol. The number of anilines is 2. The summed E-state index contributed by atoms with van der Waals surface area (Å²) in [5.41, 5.74) is 5.79. The lowest BCUT2D eigenvalue weighted by Gasteiger charge is -2.07. The third-order valence-electron chi connectivity index (χ3n) is 2.50. The maximum absolute atomic E-state index is 12.0. The third kappa shape index (κ3) is 6.77. The number of amides is 1. The maximum Gasteiger partial charge on any atom is 0.265 e. The third-order valence-corrected chi connectivity index (χ3v) is 3.53. The number of carbonyl (C=O) groups is 1. The van der Waals surface area contributed by atoms with Gasteiger partial charge in [-0.3, -0.25) is 4.79 Å². The zero-order chi connectivity index (χ0) is 15.8. The Morgan fingerprint density at radius 2 is 2.05 bits per heavy atom. The van der Waals surface area contributed by atoms with Gasteiger partial charge in [0.15, 0.2) is 5.13 Å². The van der Waals surface area contributed by atoms with Gasteiger partial charge >= 0.3 is 0 Å². The normalized spacial score (nSPS) is 11.1. The summed E-state index contributed by atoms with van der Waals surface area (Å²) in [6, 6.07) is 0. The van der Waals surface area contributed by atoms with Gasteiger partial charge in [-0.15, -0.1) is 0 Å². The molecule has 0 saturated heterocycles. The van der Waals surface area contributed by atoms with E-state index in [4.69, 9.17) is 10.5 Å². The molecule has 1 amide bonds. The molecule has 0 atom stereocenters. The van der Waals surface area contributed by atoms with Gasteiger partial charge in [0, 0.05) is 19.7 Å². The van der Waals surface area contributed by atoms with E-state index in [2.05, 4.69) is 43.3 Å². The van der Waals surface area contributed by atoms with Crippen LogP contribution in [0, 0.1) is 11.8 Å². The van der Waals surface area contributed by atoms with Crippen molar-refractivity contribution < 1.29 is 9.53 Å². The smallest absolute Gasteiger partial charge is 0.265 e. The minimum Gasteiger partial charge on any atom is -0.382 e. The van der Waals surface area contributed by atoms with E-state index in [1.807, 2.05) is 0 Å².